The molecule has 2 amide bonds. The zero-order valence-electron chi connectivity index (χ0n) is 20.6. The second-order valence-corrected chi connectivity index (χ2v) is 10.7. The average Bonchev–Trinajstić information content (AvgIpc) is 2.93. The van der Waals surface area contributed by atoms with Crippen molar-refractivity contribution in [2.45, 2.75) is 36.3 Å². The molecule has 10 nitrogen and oxygen atoms in total. The SMILES string of the molecule is O=C(CC1(NS(=O)(=O)c2ccc(Oc3ccccc3)cc2)CCN(C(=O)OCc2ccccc2)CC1)NO. The van der Waals surface area contributed by atoms with Crippen LogP contribution in [0.25, 0.3) is 0 Å². The molecule has 3 aromatic carbocycles. The van der Waals surface area contributed by atoms with Crippen LogP contribution in [0.15, 0.2) is 89.8 Å². The maximum absolute atomic E-state index is 13.3. The van der Waals surface area contributed by atoms with E-state index in [2.05, 4.69) is 4.72 Å². The molecule has 0 unspecified atom stereocenters. The average molecular weight is 540 g/mol. The van der Waals surface area contributed by atoms with Gasteiger partial charge in [-0.3, -0.25) is 10.0 Å². The summed E-state index contributed by atoms with van der Waals surface area (Å²) >= 11 is 0. The lowest BCUT2D eigenvalue weighted by atomic mass is 9.85. The highest BCUT2D eigenvalue weighted by molar-refractivity contribution is 7.89. The molecule has 3 aromatic rings. The normalized spacial score (nSPS) is 14.9. The van der Waals surface area contributed by atoms with E-state index in [0.29, 0.717) is 11.5 Å². The standard InChI is InChI=1S/C27H29N3O7S/c31-25(28-33)19-27(15-17-30(18-16-27)26(32)36-20-21-7-3-1-4-8-21)29-38(34,35)24-13-11-23(12-14-24)37-22-9-5-2-6-10-22/h1-14,29,33H,15-20H2,(H,28,31). The van der Waals surface area contributed by atoms with Crippen LogP contribution in [-0.4, -0.2) is 49.2 Å². The quantitative estimate of drug-likeness (QED) is 0.278. The zero-order chi connectivity index (χ0) is 27.0. The molecule has 1 fully saturated rings. The first-order chi connectivity index (χ1) is 18.3. The first kappa shape index (κ1) is 27.1. The number of amides is 2. The minimum atomic E-state index is -4.05. The van der Waals surface area contributed by atoms with E-state index in [4.69, 9.17) is 14.7 Å². The molecule has 3 N–H and O–H groups in total. The Bertz CT molecular complexity index is 1330. The van der Waals surface area contributed by atoms with Gasteiger partial charge in [0.15, 0.2) is 0 Å². The van der Waals surface area contributed by atoms with Crippen LogP contribution in [0.5, 0.6) is 11.5 Å². The third-order valence-electron chi connectivity index (χ3n) is 6.27. The molecule has 4 rings (SSSR count). The smallest absolute Gasteiger partial charge is 0.410 e. The van der Waals surface area contributed by atoms with Gasteiger partial charge in [-0.25, -0.2) is 23.4 Å². The number of para-hydroxylation sites is 1. The summed E-state index contributed by atoms with van der Waals surface area (Å²) in [6.07, 6.45) is -0.527. The summed E-state index contributed by atoms with van der Waals surface area (Å²) in [6.45, 7) is 0.447. The Morgan fingerprint density at radius 3 is 2.05 bits per heavy atom. The van der Waals surface area contributed by atoms with Gasteiger partial charge in [0.2, 0.25) is 15.9 Å². The number of sulfonamides is 1. The summed E-state index contributed by atoms with van der Waals surface area (Å²) in [5.41, 5.74) is 1.21. The third kappa shape index (κ3) is 7.09. The number of rotatable bonds is 9. The van der Waals surface area contributed by atoms with Crippen LogP contribution in [0.3, 0.4) is 0 Å². The van der Waals surface area contributed by atoms with Gasteiger partial charge in [-0.1, -0.05) is 48.5 Å². The summed E-state index contributed by atoms with van der Waals surface area (Å²) < 4.78 is 40.3. The van der Waals surface area contributed by atoms with Gasteiger partial charge < -0.3 is 14.4 Å². The highest BCUT2D eigenvalue weighted by Crippen LogP contribution is 2.30. The molecule has 11 heteroatoms. The Morgan fingerprint density at radius 2 is 1.45 bits per heavy atom. The number of ether oxygens (including phenoxy) is 2. The van der Waals surface area contributed by atoms with E-state index in [1.807, 2.05) is 48.5 Å². The second kappa shape index (κ2) is 12.1. The van der Waals surface area contributed by atoms with Crippen molar-refractivity contribution in [3.63, 3.8) is 0 Å². The Morgan fingerprint density at radius 1 is 0.868 bits per heavy atom. The molecule has 0 atom stereocenters. The molecule has 0 spiro atoms. The Hall–Kier alpha value is -3.93. The second-order valence-electron chi connectivity index (χ2n) is 9.01. The van der Waals surface area contributed by atoms with Gasteiger partial charge in [-0.15, -0.1) is 0 Å². The van der Waals surface area contributed by atoms with Crippen molar-refractivity contribution >= 4 is 22.0 Å². The topological polar surface area (TPSA) is 134 Å². The van der Waals surface area contributed by atoms with Crippen LogP contribution in [0.1, 0.15) is 24.8 Å². The highest BCUT2D eigenvalue weighted by atomic mass is 32.2. The third-order valence-corrected chi connectivity index (χ3v) is 7.87. The summed E-state index contributed by atoms with van der Waals surface area (Å²) in [6, 6.07) is 24.2. The van der Waals surface area contributed by atoms with E-state index in [1.165, 1.54) is 17.0 Å². The molecule has 1 aliphatic heterocycles. The number of carbonyl (C=O) groups is 2. The molecule has 0 saturated carbocycles. The number of nitrogens with zero attached hydrogens (tertiary/aromatic N) is 1. The largest absolute Gasteiger partial charge is 0.457 e. The zero-order valence-corrected chi connectivity index (χ0v) is 21.4. The van der Waals surface area contributed by atoms with Gasteiger partial charge in [0.1, 0.15) is 18.1 Å². The number of nitrogens with one attached hydrogen (secondary N) is 2. The van der Waals surface area contributed by atoms with Crippen LogP contribution in [0.2, 0.25) is 0 Å². The Labute approximate surface area is 221 Å². The summed E-state index contributed by atoms with van der Waals surface area (Å²) in [7, 11) is -4.05. The van der Waals surface area contributed by atoms with Crippen molar-refractivity contribution in [2.24, 2.45) is 0 Å². The molecular formula is C27H29N3O7S. The number of hydroxylamine groups is 1. The molecule has 1 aliphatic rings. The fourth-order valence-corrected chi connectivity index (χ4v) is 5.70. The molecule has 38 heavy (non-hydrogen) atoms. The van der Waals surface area contributed by atoms with E-state index >= 15 is 0 Å². The van der Waals surface area contributed by atoms with Crippen LogP contribution in [-0.2, 0) is 26.2 Å². The van der Waals surface area contributed by atoms with Crippen molar-refractivity contribution < 1.29 is 32.7 Å². The Kier molecular flexibility index (Phi) is 8.62. The number of piperidine rings is 1. The van der Waals surface area contributed by atoms with Gasteiger partial charge in [0, 0.05) is 25.0 Å². The fourth-order valence-electron chi connectivity index (χ4n) is 4.25. The monoisotopic (exact) mass is 539 g/mol. The number of benzene rings is 3. The van der Waals surface area contributed by atoms with Gasteiger partial charge in [-0.2, -0.15) is 0 Å². The molecule has 0 aromatic heterocycles. The first-order valence-electron chi connectivity index (χ1n) is 12.0. The maximum Gasteiger partial charge on any atom is 0.410 e. The lowest BCUT2D eigenvalue weighted by molar-refractivity contribution is -0.131. The minimum absolute atomic E-state index is 0.00797. The van der Waals surface area contributed by atoms with E-state index in [-0.39, 0.29) is 43.9 Å². The number of hydrogen-bond acceptors (Lipinski definition) is 7. The highest BCUT2D eigenvalue weighted by Gasteiger charge is 2.41. The molecule has 0 radical (unpaired) electrons. The lowest BCUT2D eigenvalue weighted by Crippen LogP contribution is -2.57. The summed E-state index contributed by atoms with van der Waals surface area (Å²) in [5.74, 6) is 0.343. The number of carbonyl (C=O) groups excluding carboxylic acids is 2. The summed E-state index contributed by atoms with van der Waals surface area (Å²) in [5, 5.41) is 9.09. The first-order valence-corrected chi connectivity index (χ1v) is 13.5. The van der Waals surface area contributed by atoms with Crippen LogP contribution < -0.4 is 14.9 Å². The molecule has 1 heterocycles. The van der Waals surface area contributed by atoms with Crippen LogP contribution in [0, 0.1) is 0 Å². The van der Waals surface area contributed by atoms with Crippen molar-refractivity contribution in [1.29, 1.82) is 0 Å². The maximum atomic E-state index is 13.3. The number of likely N-dealkylation sites (tertiary alicyclic amines) is 1. The van der Waals surface area contributed by atoms with Gasteiger partial charge in [0.25, 0.3) is 0 Å². The fraction of sp³-hybridized carbons (Fsp3) is 0.259. The lowest BCUT2D eigenvalue weighted by Gasteiger charge is -2.41. The molecule has 200 valence electrons. The summed E-state index contributed by atoms with van der Waals surface area (Å²) in [4.78, 5) is 26.1. The van der Waals surface area contributed by atoms with Crippen molar-refractivity contribution in [1.82, 2.24) is 15.1 Å². The molecule has 0 bridgehead atoms. The predicted octanol–water partition coefficient (Wildman–Crippen LogP) is 3.82. The molecule has 0 aliphatic carbocycles. The molecule has 1 saturated heterocycles. The van der Waals surface area contributed by atoms with E-state index in [9.17, 15) is 18.0 Å². The van der Waals surface area contributed by atoms with Crippen LogP contribution in [0.4, 0.5) is 4.79 Å². The van der Waals surface area contributed by atoms with Crippen molar-refractivity contribution in [3.8, 4) is 11.5 Å². The minimum Gasteiger partial charge on any atom is -0.457 e. The van der Waals surface area contributed by atoms with E-state index < -0.39 is 27.6 Å². The van der Waals surface area contributed by atoms with E-state index in [0.717, 1.165) is 5.56 Å². The van der Waals surface area contributed by atoms with Crippen molar-refractivity contribution in [2.75, 3.05) is 13.1 Å². The predicted molar refractivity (Wildman–Crippen MR) is 138 cm³/mol. The van der Waals surface area contributed by atoms with Gasteiger partial charge >= 0.3 is 6.09 Å². The van der Waals surface area contributed by atoms with E-state index in [1.54, 1.807) is 29.7 Å². The Balaban J connectivity index is 1.42. The van der Waals surface area contributed by atoms with Crippen LogP contribution >= 0.6 is 0 Å². The number of hydrogen-bond donors (Lipinski definition) is 3. The molecular weight excluding hydrogens is 510 g/mol. The van der Waals surface area contributed by atoms with Gasteiger partial charge in [-0.05, 0) is 54.8 Å². The van der Waals surface area contributed by atoms with Gasteiger partial charge in [0.05, 0.1) is 4.90 Å². The van der Waals surface area contributed by atoms with Crippen molar-refractivity contribution in [3.05, 3.63) is 90.5 Å².